The molecule has 0 fully saturated rings. The summed E-state index contributed by atoms with van der Waals surface area (Å²) in [4.78, 5) is 31.8. The number of hydrogen-bond donors (Lipinski definition) is 0. The van der Waals surface area contributed by atoms with E-state index in [0.29, 0.717) is 38.7 Å². The SMILES string of the molecule is C=CCOC(=O)C1=C(C)N=c2sc(=Cc3ccc(OCC=C)cc3)c(=O)n2C1c1ccc(OC)cc1. The van der Waals surface area contributed by atoms with E-state index in [4.69, 9.17) is 14.2 Å². The summed E-state index contributed by atoms with van der Waals surface area (Å²) in [6.07, 6.45) is 4.98. The molecule has 1 aliphatic rings. The molecule has 7 nitrogen and oxygen atoms in total. The van der Waals surface area contributed by atoms with Gasteiger partial charge in [-0.1, -0.05) is 60.9 Å². The maximum absolute atomic E-state index is 13.7. The van der Waals surface area contributed by atoms with Crippen LogP contribution in [0.5, 0.6) is 11.5 Å². The first-order valence-corrected chi connectivity index (χ1v) is 12.1. The second kappa shape index (κ2) is 11.0. The zero-order chi connectivity index (χ0) is 25.7. The molecule has 1 aromatic heterocycles. The van der Waals surface area contributed by atoms with Crippen LogP contribution in [0.25, 0.3) is 6.08 Å². The number of benzene rings is 2. The van der Waals surface area contributed by atoms with Crippen LogP contribution in [0.4, 0.5) is 0 Å². The Balaban J connectivity index is 1.83. The van der Waals surface area contributed by atoms with Gasteiger partial charge in [-0.25, -0.2) is 9.79 Å². The van der Waals surface area contributed by atoms with Gasteiger partial charge in [0.25, 0.3) is 5.56 Å². The third kappa shape index (κ3) is 5.08. The van der Waals surface area contributed by atoms with Crippen LogP contribution in [0.2, 0.25) is 0 Å². The molecule has 0 aliphatic carbocycles. The number of fused-ring (bicyclic) bond motifs is 1. The zero-order valence-corrected chi connectivity index (χ0v) is 20.9. The van der Waals surface area contributed by atoms with Crippen LogP contribution in [-0.4, -0.2) is 30.9 Å². The van der Waals surface area contributed by atoms with Gasteiger partial charge in [0.1, 0.15) is 24.7 Å². The molecule has 8 heteroatoms. The lowest BCUT2D eigenvalue weighted by Crippen LogP contribution is -2.39. The van der Waals surface area contributed by atoms with Crippen molar-refractivity contribution in [1.29, 1.82) is 0 Å². The number of hydrogen-bond acceptors (Lipinski definition) is 7. The Hall–Kier alpha value is -4.17. The van der Waals surface area contributed by atoms with Gasteiger partial charge in [0, 0.05) is 0 Å². The smallest absolute Gasteiger partial charge is 0.338 e. The van der Waals surface area contributed by atoms with Gasteiger partial charge in [0.05, 0.1) is 29.0 Å². The third-order valence-electron chi connectivity index (χ3n) is 5.55. The second-order valence-electron chi connectivity index (χ2n) is 7.91. The molecule has 3 aromatic rings. The molecule has 184 valence electrons. The predicted molar refractivity (Wildman–Crippen MR) is 140 cm³/mol. The Labute approximate surface area is 212 Å². The van der Waals surface area contributed by atoms with E-state index in [1.54, 1.807) is 42.9 Å². The molecule has 0 spiro atoms. The van der Waals surface area contributed by atoms with Gasteiger partial charge in [-0.05, 0) is 48.4 Å². The summed E-state index contributed by atoms with van der Waals surface area (Å²) < 4.78 is 18.2. The van der Waals surface area contributed by atoms with Crippen LogP contribution in [0.3, 0.4) is 0 Å². The fourth-order valence-corrected chi connectivity index (χ4v) is 4.91. The number of rotatable bonds is 9. The average Bonchev–Trinajstić information content (AvgIpc) is 3.20. The molecule has 36 heavy (non-hydrogen) atoms. The van der Waals surface area contributed by atoms with Crippen LogP contribution in [0, 0.1) is 0 Å². The molecule has 0 bridgehead atoms. The van der Waals surface area contributed by atoms with Gasteiger partial charge in [-0.3, -0.25) is 9.36 Å². The number of allylic oxidation sites excluding steroid dienone is 1. The summed E-state index contributed by atoms with van der Waals surface area (Å²) in [5.41, 5.74) is 2.15. The minimum absolute atomic E-state index is 0.0574. The van der Waals surface area contributed by atoms with E-state index in [1.165, 1.54) is 17.4 Å². The standard InChI is InChI=1S/C28H26N2O5S/c1-5-15-34-22-11-7-19(8-12-22)17-23-26(31)30-25(20-9-13-21(33-4)14-10-20)24(27(32)35-16-6-2)18(3)29-28(30)36-23/h5-14,17,25H,1-2,15-16H2,3-4H3. The number of thiazole rings is 1. The Morgan fingerprint density at radius 1 is 1.06 bits per heavy atom. The van der Waals surface area contributed by atoms with Gasteiger partial charge in [-0.2, -0.15) is 0 Å². The van der Waals surface area contributed by atoms with Crippen molar-refractivity contribution >= 4 is 23.4 Å². The van der Waals surface area contributed by atoms with Crippen LogP contribution in [0.1, 0.15) is 24.1 Å². The third-order valence-corrected chi connectivity index (χ3v) is 6.53. The molecule has 1 atom stereocenters. The van der Waals surface area contributed by atoms with Crippen molar-refractivity contribution in [3.8, 4) is 11.5 Å². The van der Waals surface area contributed by atoms with Crippen molar-refractivity contribution in [2.24, 2.45) is 4.99 Å². The lowest BCUT2D eigenvalue weighted by molar-refractivity contribution is -0.138. The largest absolute Gasteiger partial charge is 0.497 e. The maximum Gasteiger partial charge on any atom is 0.338 e. The summed E-state index contributed by atoms with van der Waals surface area (Å²) in [7, 11) is 1.58. The highest BCUT2D eigenvalue weighted by molar-refractivity contribution is 7.07. The number of ether oxygens (including phenoxy) is 3. The molecule has 0 radical (unpaired) electrons. The fourth-order valence-electron chi connectivity index (χ4n) is 3.86. The molecule has 1 unspecified atom stereocenters. The number of methoxy groups -OCH3 is 1. The first-order valence-electron chi connectivity index (χ1n) is 11.2. The molecular formula is C28H26N2O5S. The van der Waals surface area contributed by atoms with Crippen LogP contribution in [-0.2, 0) is 9.53 Å². The van der Waals surface area contributed by atoms with E-state index < -0.39 is 12.0 Å². The van der Waals surface area contributed by atoms with E-state index in [-0.39, 0.29) is 12.2 Å². The molecule has 1 aliphatic heterocycles. The summed E-state index contributed by atoms with van der Waals surface area (Å²) >= 11 is 1.27. The topological polar surface area (TPSA) is 79.1 Å². The quantitative estimate of drug-likeness (QED) is 0.330. The molecule has 2 heterocycles. The normalized spacial score (nSPS) is 15.1. The Kier molecular flexibility index (Phi) is 7.65. The minimum atomic E-state index is -0.693. The molecule has 0 saturated heterocycles. The van der Waals surface area contributed by atoms with Crippen molar-refractivity contribution < 1.29 is 19.0 Å². The van der Waals surface area contributed by atoms with Crippen molar-refractivity contribution in [3.63, 3.8) is 0 Å². The molecule has 0 N–H and O–H groups in total. The van der Waals surface area contributed by atoms with E-state index in [9.17, 15) is 9.59 Å². The summed E-state index contributed by atoms with van der Waals surface area (Å²) in [6.45, 7) is 9.47. The van der Waals surface area contributed by atoms with Gasteiger partial charge in [-0.15, -0.1) is 0 Å². The molecular weight excluding hydrogens is 476 g/mol. The lowest BCUT2D eigenvalue weighted by Gasteiger charge is -2.24. The van der Waals surface area contributed by atoms with Crippen LogP contribution < -0.4 is 24.4 Å². The Bertz CT molecular complexity index is 1500. The van der Waals surface area contributed by atoms with Gasteiger partial charge in [0.2, 0.25) is 0 Å². The summed E-state index contributed by atoms with van der Waals surface area (Å²) in [6, 6.07) is 14.0. The highest BCUT2D eigenvalue weighted by Crippen LogP contribution is 2.31. The second-order valence-corrected chi connectivity index (χ2v) is 8.92. The molecule has 4 rings (SSSR count). The number of esters is 1. The van der Waals surface area contributed by atoms with Gasteiger partial charge >= 0.3 is 5.97 Å². The summed E-state index contributed by atoms with van der Waals surface area (Å²) in [5, 5.41) is 0. The highest BCUT2D eigenvalue weighted by Gasteiger charge is 2.33. The number of aromatic nitrogens is 1. The van der Waals surface area contributed by atoms with Gasteiger partial charge < -0.3 is 14.2 Å². The molecule has 0 saturated carbocycles. The monoisotopic (exact) mass is 502 g/mol. The number of carbonyl (C=O) groups excluding carboxylic acids is 1. The molecule has 2 aromatic carbocycles. The summed E-state index contributed by atoms with van der Waals surface area (Å²) in [5.74, 6) is 0.843. The minimum Gasteiger partial charge on any atom is -0.497 e. The Morgan fingerprint density at radius 2 is 1.72 bits per heavy atom. The zero-order valence-electron chi connectivity index (χ0n) is 20.1. The van der Waals surface area contributed by atoms with Crippen molar-refractivity contribution in [2.45, 2.75) is 13.0 Å². The van der Waals surface area contributed by atoms with Crippen molar-refractivity contribution in [3.05, 3.63) is 116 Å². The number of carbonyl (C=O) groups is 1. The lowest BCUT2D eigenvalue weighted by atomic mass is 9.96. The van der Waals surface area contributed by atoms with Crippen molar-refractivity contribution in [1.82, 2.24) is 4.57 Å². The molecule has 0 amide bonds. The highest BCUT2D eigenvalue weighted by atomic mass is 32.1. The maximum atomic E-state index is 13.7. The fraction of sp³-hybridized carbons (Fsp3) is 0.179. The van der Waals surface area contributed by atoms with Gasteiger partial charge in [0.15, 0.2) is 4.80 Å². The Morgan fingerprint density at radius 3 is 2.36 bits per heavy atom. The van der Waals surface area contributed by atoms with Crippen molar-refractivity contribution in [2.75, 3.05) is 20.3 Å². The van der Waals surface area contributed by atoms with E-state index >= 15 is 0 Å². The first-order chi connectivity index (χ1) is 17.5. The van der Waals surface area contributed by atoms with Crippen LogP contribution >= 0.6 is 11.3 Å². The van der Waals surface area contributed by atoms with E-state index in [1.807, 2.05) is 36.4 Å². The van der Waals surface area contributed by atoms with E-state index in [2.05, 4.69) is 18.2 Å². The average molecular weight is 503 g/mol. The number of nitrogens with zero attached hydrogens (tertiary/aromatic N) is 2. The predicted octanol–water partition coefficient (Wildman–Crippen LogP) is 3.54. The first kappa shape index (κ1) is 24.9. The van der Waals surface area contributed by atoms with E-state index in [0.717, 1.165) is 11.1 Å². The van der Waals surface area contributed by atoms with Crippen LogP contribution in [0.15, 0.2) is 94.9 Å².